The molecular weight excluding hydrogens is 298 g/mol. The molecular formula is C17H27NO5. The lowest BCUT2D eigenvalue weighted by Gasteiger charge is -2.33. The van der Waals surface area contributed by atoms with Crippen LogP contribution >= 0.6 is 0 Å². The van der Waals surface area contributed by atoms with Gasteiger partial charge in [-0.25, -0.2) is 0 Å². The van der Waals surface area contributed by atoms with Crippen molar-refractivity contribution >= 4 is 5.91 Å². The van der Waals surface area contributed by atoms with Gasteiger partial charge in [-0.1, -0.05) is 19.3 Å². The van der Waals surface area contributed by atoms with Gasteiger partial charge in [-0.2, -0.15) is 0 Å². The van der Waals surface area contributed by atoms with E-state index in [-0.39, 0.29) is 24.0 Å². The predicted octanol–water partition coefficient (Wildman–Crippen LogP) is 0.397. The minimum absolute atomic E-state index is 0.0360. The van der Waals surface area contributed by atoms with E-state index in [0.29, 0.717) is 12.1 Å². The number of ether oxygens (including phenoxy) is 1. The van der Waals surface area contributed by atoms with Gasteiger partial charge >= 0.3 is 0 Å². The SMILES string of the molecule is O=C(NCC1CCC2(CCCCC2)O1)C1=C[C@@H](O)[C@@H](O)[C@H](O)C1. The number of carbonyl (C=O) groups is 1. The summed E-state index contributed by atoms with van der Waals surface area (Å²) in [6, 6.07) is 0. The second-order valence-electron chi connectivity index (χ2n) is 7.18. The first-order valence-corrected chi connectivity index (χ1v) is 8.70. The first-order chi connectivity index (χ1) is 11.0. The van der Waals surface area contributed by atoms with E-state index in [1.54, 1.807) is 0 Å². The van der Waals surface area contributed by atoms with Gasteiger partial charge in [-0.05, 0) is 31.8 Å². The fraction of sp³-hybridized carbons (Fsp3) is 0.824. The zero-order valence-corrected chi connectivity index (χ0v) is 13.4. The van der Waals surface area contributed by atoms with Crippen LogP contribution in [-0.2, 0) is 9.53 Å². The van der Waals surface area contributed by atoms with Crippen LogP contribution < -0.4 is 5.32 Å². The zero-order chi connectivity index (χ0) is 16.4. The highest BCUT2D eigenvalue weighted by atomic mass is 16.5. The van der Waals surface area contributed by atoms with Crippen molar-refractivity contribution in [2.75, 3.05) is 6.54 Å². The Labute approximate surface area is 136 Å². The highest BCUT2D eigenvalue weighted by molar-refractivity contribution is 5.93. The number of aliphatic hydroxyl groups is 3. The molecule has 23 heavy (non-hydrogen) atoms. The van der Waals surface area contributed by atoms with Gasteiger partial charge in [0.15, 0.2) is 0 Å². The fourth-order valence-corrected chi connectivity index (χ4v) is 4.04. The monoisotopic (exact) mass is 325 g/mol. The summed E-state index contributed by atoms with van der Waals surface area (Å²) < 4.78 is 6.21. The number of rotatable bonds is 3. The van der Waals surface area contributed by atoms with E-state index in [9.17, 15) is 20.1 Å². The molecule has 0 aromatic carbocycles. The van der Waals surface area contributed by atoms with Crippen LogP contribution in [-0.4, -0.2) is 57.8 Å². The minimum Gasteiger partial charge on any atom is -0.390 e. The highest BCUT2D eigenvalue weighted by Crippen LogP contribution is 2.41. The number of nitrogens with one attached hydrogen (secondary N) is 1. The molecule has 3 rings (SSSR count). The number of carbonyl (C=O) groups excluding carboxylic acids is 1. The van der Waals surface area contributed by atoms with E-state index in [0.717, 1.165) is 25.7 Å². The number of hydrogen-bond acceptors (Lipinski definition) is 5. The molecule has 0 aromatic rings. The number of amides is 1. The maximum absolute atomic E-state index is 12.2. The Balaban J connectivity index is 1.49. The largest absolute Gasteiger partial charge is 0.390 e. The van der Waals surface area contributed by atoms with Crippen LogP contribution in [0.1, 0.15) is 51.4 Å². The van der Waals surface area contributed by atoms with Gasteiger partial charge in [0, 0.05) is 18.5 Å². The molecule has 6 heteroatoms. The summed E-state index contributed by atoms with van der Waals surface area (Å²) in [5, 5.41) is 31.6. The molecule has 1 spiro atoms. The maximum atomic E-state index is 12.2. The van der Waals surface area contributed by atoms with Crippen molar-refractivity contribution in [3.8, 4) is 0 Å². The van der Waals surface area contributed by atoms with Crippen LogP contribution in [0.2, 0.25) is 0 Å². The topological polar surface area (TPSA) is 99.0 Å². The molecule has 1 unspecified atom stereocenters. The van der Waals surface area contributed by atoms with Gasteiger partial charge in [0.05, 0.1) is 17.8 Å². The molecule has 6 nitrogen and oxygen atoms in total. The standard InChI is InChI=1S/C17H27NO5/c19-13-8-11(9-14(20)15(13)21)16(22)18-10-12-4-7-17(23-12)5-2-1-3-6-17/h8,12-15,19-21H,1-7,9-10H2,(H,18,22)/t12?,13-,14-,15-/m1/s1. The molecule has 130 valence electrons. The Morgan fingerprint density at radius 3 is 2.65 bits per heavy atom. The van der Waals surface area contributed by atoms with Crippen LogP contribution in [0, 0.1) is 0 Å². The molecule has 1 aliphatic heterocycles. The summed E-state index contributed by atoms with van der Waals surface area (Å²) in [6.45, 7) is 0.451. The second kappa shape index (κ2) is 6.89. The first-order valence-electron chi connectivity index (χ1n) is 8.70. The Bertz CT molecular complexity index is 472. The molecule has 0 bridgehead atoms. The summed E-state index contributed by atoms with van der Waals surface area (Å²) in [6.07, 6.45) is 5.91. The zero-order valence-electron chi connectivity index (χ0n) is 13.4. The Morgan fingerprint density at radius 2 is 1.96 bits per heavy atom. The van der Waals surface area contributed by atoms with Gasteiger partial charge < -0.3 is 25.4 Å². The number of hydrogen-bond donors (Lipinski definition) is 4. The number of aliphatic hydroxyl groups excluding tert-OH is 3. The van der Waals surface area contributed by atoms with Crippen molar-refractivity contribution in [2.45, 2.75) is 81.4 Å². The van der Waals surface area contributed by atoms with Crippen LogP contribution in [0.25, 0.3) is 0 Å². The van der Waals surface area contributed by atoms with E-state index >= 15 is 0 Å². The average molecular weight is 325 g/mol. The fourth-order valence-electron chi connectivity index (χ4n) is 4.04. The van der Waals surface area contributed by atoms with Crippen LogP contribution in [0.5, 0.6) is 0 Å². The van der Waals surface area contributed by atoms with Crippen LogP contribution in [0.3, 0.4) is 0 Å². The Kier molecular flexibility index (Phi) is 5.06. The minimum atomic E-state index is -1.23. The van der Waals surface area contributed by atoms with Gasteiger partial charge in [0.2, 0.25) is 5.91 Å². The molecule has 1 saturated carbocycles. The molecule has 0 radical (unpaired) electrons. The lowest BCUT2D eigenvalue weighted by atomic mass is 9.83. The van der Waals surface area contributed by atoms with Crippen LogP contribution in [0.15, 0.2) is 11.6 Å². The molecule has 2 aliphatic carbocycles. The third kappa shape index (κ3) is 3.76. The molecule has 0 aromatic heterocycles. The molecule has 4 atom stereocenters. The summed E-state index contributed by atoms with van der Waals surface area (Å²) in [5.41, 5.74) is 0.356. The van der Waals surface area contributed by atoms with Crippen molar-refractivity contribution in [1.82, 2.24) is 5.32 Å². The first kappa shape index (κ1) is 16.9. The van der Waals surface area contributed by atoms with Crippen molar-refractivity contribution in [3.05, 3.63) is 11.6 Å². The van der Waals surface area contributed by atoms with Crippen molar-refractivity contribution < 1.29 is 24.9 Å². The molecule has 4 N–H and O–H groups in total. The molecule has 2 fully saturated rings. The molecule has 1 saturated heterocycles. The second-order valence-corrected chi connectivity index (χ2v) is 7.18. The normalized spacial score (nSPS) is 36.7. The summed E-state index contributed by atoms with van der Waals surface area (Å²) in [4.78, 5) is 12.2. The van der Waals surface area contributed by atoms with Gasteiger partial charge in [-0.15, -0.1) is 0 Å². The summed E-state index contributed by atoms with van der Waals surface area (Å²) in [7, 11) is 0. The van der Waals surface area contributed by atoms with E-state index < -0.39 is 18.3 Å². The molecule has 1 amide bonds. The smallest absolute Gasteiger partial charge is 0.247 e. The third-order valence-electron chi connectivity index (χ3n) is 5.43. The van der Waals surface area contributed by atoms with E-state index in [4.69, 9.17) is 4.74 Å². The maximum Gasteiger partial charge on any atom is 0.247 e. The lowest BCUT2D eigenvalue weighted by Crippen LogP contribution is -2.43. The van der Waals surface area contributed by atoms with E-state index in [2.05, 4.69) is 5.32 Å². The highest BCUT2D eigenvalue weighted by Gasteiger charge is 2.41. The third-order valence-corrected chi connectivity index (χ3v) is 5.43. The lowest BCUT2D eigenvalue weighted by molar-refractivity contribution is -0.120. The van der Waals surface area contributed by atoms with Gasteiger partial charge in [0.1, 0.15) is 12.2 Å². The Morgan fingerprint density at radius 1 is 1.22 bits per heavy atom. The van der Waals surface area contributed by atoms with Crippen molar-refractivity contribution in [3.63, 3.8) is 0 Å². The van der Waals surface area contributed by atoms with E-state index in [1.807, 2.05) is 0 Å². The molecule has 3 aliphatic rings. The predicted molar refractivity (Wildman–Crippen MR) is 83.7 cm³/mol. The van der Waals surface area contributed by atoms with Gasteiger partial charge in [-0.3, -0.25) is 4.79 Å². The Hall–Kier alpha value is -0.950. The average Bonchev–Trinajstić information content (AvgIpc) is 2.93. The summed E-state index contributed by atoms with van der Waals surface area (Å²) in [5.74, 6) is -0.303. The van der Waals surface area contributed by atoms with Crippen molar-refractivity contribution in [1.29, 1.82) is 0 Å². The van der Waals surface area contributed by atoms with Gasteiger partial charge in [0.25, 0.3) is 0 Å². The van der Waals surface area contributed by atoms with Crippen LogP contribution in [0.4, 0.5) is 0 Å². The van der Waals surface area contributed by atoms with E-state index in [1.165, 1.54) is 25.3 Å². The molecule has 1 heterocycles. The van der Waals surface area contributed by atoms with Crippen molar-refractivity contribution in [2.24, 2.45) is 0 Å². The summed E-state index contributed by atoms with van der Waals surface area (Å²) >= 11 is 0. The quantitative estimate of drug-likeness (QED) is 0.602.